The Hall–Kier alpha value is -3.45. The summed E-state index contributed by atoms with van der Waals surface area (Å²) in [4.78, 5) is 24.6. The average Bonchev–Trinajstić information content (AvgIpc) is 3.28. The van der Waals surface area contributed by atoms with Gasteiger partial charge in [0.1, 0.15) is 11.9 Å². The van der Waals surface area contributed by atoms with Gasteiger partial charge in [0.2, 0.25) is 17.7 Å². The number of benzene rings is 1. The Morgan fingerprint density at radius 3 is 2.58 bits per heavy atom. The van der Waals surface area contributed by atoms with Crippen molar-refractivity contribution >= 4 is 29.5 Å². The lowest BCUT2D eigenvalue weighted by Gasteiger charge is -2.24. The van der Waals surface area contributed by atoms with Crippen molar-refractivity contribution in [2.45, 2.75) is 65.0 Å². The van der Waals surface area contributed by atoms with Crippen LogP contribution in [-0.2, 0) is 15.7 Å². The summed E-state index contributed by atoms with van der Waals surface area (Å²) in [6, 6.07) is 4.20. The van der Waals surface area contributed by atoms with E-state index in [1.165, 1.54) is 18.3 Å². The van der Waals surface area contributed by atoms with Gasteiger partial charge in [-0.1, -0.05) is 16.8 Å². The van der Waals surface area contributed by atoms with Crippen LogP contribution in [0.15, 0.2) is 35.0 Å². The average molecular weight is 557 g/mol. The first-order chi connectivity index (χ1) is 17.7. The second-order valence-corrected chi connectivity index (χ2v) is 9.78. The first-order valence-electron chi connectivity index (χ1n) is 11.6. The maximum atomic E-state index is 13.2. The summed E-state index contributed by atoms with van der Waals surface area (Å²) in [6.45, 7) is 9.57. The number of halogens is 4. The molecule has 0 aliphatic heterocycles. The molecule has 0 fully saturated rings. The van der Waals surface area contributed by atoms with E-state index in [0.717, 1.165) is 12.1 Å². The zero-order valence-corrected chi connectivity index (χ0v) is 22.1. The highest BCUT2D eigenvalue weighted by molar-refractivity contribution is 6.31. The molecule has 38 heavy (non-hydrogen) atoms. The minimum atomic E-state index is -4.63. The molecule has 0 saturated heterocycles. The molecule has 2 N–H and O–H groups in total. The summed E-state index contributed by atoms with van der Waals surface area (Å²) in [5.74, 6) is 0.354. The third kappa shape index (κ3) is 8.55. The number of rotatable bonds is 9. The van der Waals surface area contributed by atoms with Crippen molar-refractivity contribution in [3.63, 3.8) is 0 Å². The first kappa shape index (κ1) is 29.1. The van der Waals surface area contributed by atoms with Gasteiger partial charge in [0, 0.05) is 18.2 Å². The van der Waals surface area contributed by atoms with Crippen molar-refractivity contribution in [1.82, 2.24) is 20.1 Å². The normalized spacial score (nSPS) is 13.6. The topological polar surface area (TPSA) is 124 Å². The predicted octanol–water partition coefficient (Wildman–Crippen LogP) is 6.51. The molecule has 0 saturated carbocycles. The molecular weight excluding hydrogens is 529 g/mol. The Labute approximate surface area is 222 Å². The molecule has 2 aromatic heterocycles. The highest BCUT2D eigenvalue weighted by Gasteiger charge is 2.34. The van der Waals surface area contributed by atoms with Gasteiger partial charge in [0.25, 0.3) is 0 Å². The van der Waals surface area contributed by atoms with E-state index in [1.54, 1.807) is 6.92 Å². The number of alkyl halides is 3. The highest BCUT2D eigenvalue weighted by Crippen LogP contribution is 2.37. The van der Waals surface area contributed by atoms with Crippen LogP contribution in [0.4, 0.5) is 29.7 Å². The largest absolute Gasteiger partial charge is 0.449 e. The number of hydrogen-bond acceptors (Lipinski definition) is 9. The van der Waals surface area contributed by atoms with Crippen molar-refractivity contribution in [1.29, 1.82) is 0 Å². The predicted molar refractivity (Wildman–Crippen MR) is 134 cm³/mol. The number of aromatic nitrogens is 4. The maximum absolute atomic E-state index is 13.2. The molecule has 3 aromatic rings. The second-order valence-electron chi connectivity index (χ2n) is 9.37. The van der Waals surface area contributed by atoms with Crippen molar-refractivity contribution in [3.05, 3.63) is 46.9 Å². The van der Waals surface area contributed by atoms with Gasteiger partial charge in [-0.3, -0.25) is 5.32 Å². The summed E-state index contributed by atoms with van der Waals surface area (Å²) in [6.07, 6.45) is -3.46. The van der Waals surface area contributed by atoms with Crippen LogP contribution < -0.4 is 10.6 Å². The van der Waals surface area contributed by atoms with Crippen LogP contribution in [0.5, 0.6) is 0 Å². The first-order valence-corrected chi connectivity index (χ1v) is 12.0. The van der Waals surface area contributed by atoms with Crippen LogP contribution in [0.1, 0.15) is 58.5 Å². The molecule has 0 spiro atoms. The molecule has 3 rings (SSSR count). The number of carbonyl (C=O) groups is 1. The number of ether oxygens (including phenoxy) is 2. The number of amides is 1. The van der Waals surface area contributed by atoms with Crippen LogP contribution in [0.2, 0.25) is 5.02 Å². The summed E-state index contributed by atoms with van der Waals surface area (Å²) in [5, 5.41) is 8.78. The molecule has 1 aromatic carbocycles. The van der Waals surface area contributed by atoms with E-state index in [0.29, 0.717) is 6.42 Å². The maximum Gasteiger partial charge on any atom is 0.417 e. The highest BCUT2D eigenvalue weighted by atomic mass is 35.5. The van der Waals surface area contributed by atoms with Crippen molar-refractivity contribution in [2.75, 3.05) is 17.2 Å². The van der Waals surface area contributed by atoms with Crippen molar-refractivity contribution < 1.29 is 32.0 Å². The molecule has 10 nitrogen and oxygen atoms in total. The SMILES string of the molecule is CC(CCOC(=O)Nc1ccnc(NC(C)c2nc(-c3ccc(Cl)c(C(F)(F)F)c3)no2)n1)OC(C)(C)C. The molecule has 2 heterocycles. The summed E-state index contributed by atoms with van der Waals surface area (Å²) >= 11 is 5.67. The molecule has 0 aliphatic carbocycles. The Balaban J connectivity index is 1.58. The molecule has 0 aliphatic rings. The number of nitrogens with one attached hydrogen (secondary N) is 2. The number of carbonyl (C=O) groups excluding carboxylic acids is 1. The van der Waals surface area contributed by atoms with Gasteiger partial charge in [-0.2, -0.15) is 23.1 Å². The lowest BCUT2D eigenvalue weighted by atomic mass is 10.1. The van der Waals surface area contributed by atoms with Gasteiger partial charge in [-0.25, -0.2) is 9.78 Å². The molecule has 14 heteroatoms. The van der Waals surface area contributed by atoms with E-state index in [4.69, 9.17) is 25.6 Å². The van der Waals surface area contributed by atoms with E-state index >= 15 is 0 Å². The van der Waals surface area contributed by atoms with Gasteiger partial charge < -0.3 is 19.3 Å². The third-order valence-electron chi connectivity index (χ3n) is 4.89. The monoisotopic (exact) mass is 556 g/mol. The summed E-state index contributed by atoms with van der Waals surface area (Å²) < 4.78 is 55.7. The van der Waals surface area contributed by atoms with Gasteiger partial charge in [0.05, 0.1) is 28.9 Å². The van der Waals surface area contributed by atoms with Crippen LogP contribution in [-0.4, -0.2) is 44.5 Å². The zero-order valence-electron chi connectivity index (χ0n) is 21.4. The van der Waals surface area contributed by atoms with Gasteiger partial charge in [-0.05, 0) is 58.9 Å². The fraction of sp³-hybridized carbons (Fsp3) is 0.458. The van der Waals surface area contributed by atoms with Crippen molar-refractivity contribution in [3.8, 4) is 11.4 Å². The molecule has 1 amide bonds. The minimum Gasteiger partial charge on any atom is -0.449 e. The Morgan fingerprint density at radius 2 is 1.89 bits per heavy atom. The number of hydrogen-bond donors (Lipinski definition) is 2. The fourth-order valence-corrected chi connectivity index (χ4v) is 3.51. The third-order valence-corrected chi connectivity index (χ3v) is 5.22. The lowest BCUT2D eigenvalue weighted by molar-refractivity contribution is -0.137. The molecule has 2 unspecified atom stereocenters. The minimum absolute atomic E-state index is 0.0443. The smallest absolute Gasteiger partial charge is 0.417 e. The van der Waals surface area contributed by atoms with Crippen molar-refractivity contribution in [2.24, 2.45) is 0 Å². The van der Waals surface area contributed by atoms with Gasteiger partial charge in [-0.15, -0.1) is 0 Å². The van der Waals surface area contributed by atoms with Crippen LogP contribution in [0.25, 0.3) is 11.4 Å². The van der Waals surface area contributed by atoms with Crippen LogP contribution >= 0.6 is 11.6 Å². The molecule has 2 atom stereocenters. The lowest BCUT2D eigenvalue weighted by Crippen LogP contribution is -2.27. The fourth-order valence-electron chi connectivity index (χ4n) is 3.28. The van der Waals surface area contributed by atoms with Crippen LogP contribution in [0, 0.1) is 0 Å². The Morgan fingerprint density at radius 1 is 1.16 bits per heavy atom. The van der Waals surface area contributed by atoms with E-state index in [-0.39, 0.29) is 47.4 Å². The zero-order chi connectivity index (χ0) is 28.1. The van der Waals surface area contributed by atoms with Gasteiger partial charge >= 0.3 is 12.3 Å². The molecular formula is C24H28ClF3N6O4. The van der Waals surface area contributed by atoms with Crippen LogP contribution in [0.3, 0.4) is 0 Å². The number of nitrogens with zero attached hydrogens (tertiary/aromatic N) is 4. The molecule has 206 valence electrons. The molecule has 0 bridgehead atoms. The Bertz CT molecular complexity index is 1250. The summed E-state index contributed by atoms with van der Waals surface area (Å²) in [5.41, 5.74) is -1.21. The number of anilines is 2. The van der Waals surface area contributed by atoms with E-state index < -0.39 is 28.9 Å². The van der Waals surface area contributed by atoms with E-state index in [1.807, 2.05) is 27.7 Å². The quantitative estimate of drug-likeness (QED) is 0.303. The standard InChI is InChI=1S/C24H28ClF3N6O4/c1-13(37-23(3,4)5)9-11-36-22(35)32-18-8-10-29-21(31-18)30-14(2)20-33-19(34-38-20)15-6-7-17(25)16(12-15)24(26,27)28/h6-8,10,12-14H,9,11H2,1-5H3,(H2,29,30,31,32,35). The van der Waals surface area contributed by atoms with E-state index in [9.17, 15) is 18.0 Å². The Kier molecular flexibility index (Phi) is 9.15. The molecule has 0 radical (unpaired) electrons. The second kappa shape index (κ2) is 11.9. The van der Waals surface area contributed by atoms with E-state index in [2.05, 4.69) is 30.7 Å². The van der Waals surface area contributed by atoms with Gasteiger partial charge in [0.15, 0.2) is 0 Å². The summed E-state index contributed by atoms with van der Waals surface area (Å²) in [7, 11) is 0.